The number of aliphatic hydroxyl groups is 1. The Bertz CT molecular complexity index is 364. The van der Waals surface area contributed by atoms with Crippen LogP contribution in [0.5, 0.6) is 0 Å². The standard InChI is InChI=1S/C12H26N2O4S/c1-10-5-11(2)7-14(6-10)19(16,17)13(3)8-12(15)9-18-4/h10-12,15H,5-9H2,1-4H3/t10-,11-,12+/m0/s1. The molecule has 7 heteroatoms. The molecule has 1 N–H and O–H groups in total. The Morgan fingerprint density at radius 2 is 1.89 bits per heavy atom. The lowest BCUT2D eigenvalue weighted by Crippen LogP contribution is -2.50. The van der Waals surface area contributed by atoms with Crippen LogP contribution in [0.4, 0.5) is 0 Å². The molecule has 1 heterocycles. The van der Waals surface area contributed by atoms with Gasteiger partial charge in [-0.05, 0) is 18.3 Å². The van der Waals surface area contributed by atoms with E-state index in [1.807, 2.05) is 0 Å². The minimum atomic E-state index is -3.49. The molecule has 1 saturated heterocycles. The molecule has 1 aliphatic heterocycles. The van der Waals surface area contributed by atoms with Gasteiger partial charge < -0.3 is 9.84 Å². The molecule has 1 aliphatic rings. The number of hydrogen-bond donors (Lipinski definition) is 1. The van der Waals surface area contributed by atoms with E-state index in [1.54, 1.807) is 0 Å². The SMILES string of the molecule is COC[C@H](O)CN(C)S(=O)(=O)N1C[C@@H](C)C[C@H](C)C1. The molecule has 0 aromatic heterocycles. The van der Waals surface area contributed by atoms with Gasteiger partial charge in [0.1, 0.15) is 0 Å². The zero-order valence-electron chi connectivity index (χ0n) is 12.2. The Morgan fingerprint density at radius 3 is 2.37 bits per heavy atom. The molecule has 0 spiro atoms. The molecule has 1 fully saturated rings. The number of likely N-dealkylation sites (N-methyl/N-ethyl adjacent to an activating group) is 1. The van der Waals surface area contributed by atoms with Gasteiger partial charge in [-0.3, -0.25) is 0 Å². The number of nitrogens with zero attached hydrogens (tertiary/aromatic N) is 2. The lowest BCUT2D eigenvalue weighted by molar-refractivity contribution is 0.0541. The van der Waals surface area contributed by atoms with Crippen molar-refractivity contribution < 1.29 is 18.3 Å². The van der Waals surface area contributed by atoms with Crippen molar-refractivity contribution in [1.82, 2.24) is 8.61 Å². The summed E-state index contributed by atoms with van der Waals surface area (Å²) in [7, 11) is -0.514. The number of hydrogen-bond acceptors (Lipinski definition) is 4. The molecule has 1 rings (SSSR count). The molecule has 114 valence electrons. The molecule has 0 saturated carbocycles. The van der Waals surface area contributed by atoms with Crippen LogP contribution in [0.25, 0.3) is 0 Å². The fraction of sp³-hybridized carbons (Fsp3) is 1.00. The fourth-order valence-electron chi connectivity index (χ4n) is 2.63. The first-order valence-electron chi connectivity index (χ1n) is 6.65. The molecule has 0 aliphatic carbocycles. The Balaban J connectivity index is 2.68. The Labute approximate surface area is 116 Å². The normalized spacial score (nSPS) is 27.7. The predicted molar refractivity (Wildman–Crippen MR) is 74.0 cm³/mol. The van der Waals surface area contributed by atoms with E-state index in [0.29, 0.717) is 24.9 Å². The predicted octanol–water partition coefficient (Wildman–Crippen LogP) is 0.148. The fourth-order valence-corrected chi connectivity index (χ4v) is 4.27. The van der Waals surface area contributed by atoms with Gasteiger partial charge in [-0.1, -0.05) is 13.8 Å². The van der Waals surface area contributed by atoms with E-state index in [0.717, 1.165) is 6.42 Å². The van der Waals surface area contributed by atoms with Gasteiger partial charge in [-0.25, -0.2) is 0 Å². The maximum absolute atomic E-state index is 12.4. The van der Waals surface area contributed by atoms with Crippen LogP contribution in [-0.4, -0.2) is 68.6 Å². The number of rotatable bonds is 6. The van der Waals surface area contributed by atoms with E-state index in [1.165, 1.54) is 22.8 Å². The summed E-state index contributed by atoms with van der Waals surface area (Å²) in [5, 5.41) is 9.64. The minimum Gasteiger partial charge on any atom is -0.389 e. The highest BCUT2D eigenvalue weighted by atomic mass is 32.2. The molecule has 19 heavy (non-hydrogen) atoms. The number of aliphatic hydroxyl groups excluding tert-OH is 1. The molecule has 0 radical (unpaired) electrons. The van der Waals surface area contributed by atoms with Crippen molar-refractivity contribution in [2.75, 3.05) is 40.4 Å². The van der Waals surface area contributed by atoms with Gasteiger partial charge in [0.05, 0.1) is 12.7 Å². The number of methoxy groups -OCH3 is 1. The van der Waals surface area contributed by atoms with Crippen molar-refractivity contribution in [2.45, 2.75) is 26.4 Å². The van der Waals surface area contributed by atoms with Gasteiger partial charge >= 0.3 is 0 Å². The summed E-state index contributed by atoms with van der Waals surface area (Å²) in [4.78, 5) is 0. The third-order valence-electron chi connectivity index (χ3n) is 3.38. The molecule has 6 nitrogen and oxygen atoms in total. The molecular formula is C12H26N2O4S. The number of ether oxygens (including phenoxy) is 1. The maximum atomic E-state index is 12.4. The van der Waals surface area contributed by atoms with Gasteiger partial charge in [0.2, 0.25) is 0 Å². The van der Waals surface area contributed by atoms with Crippen LogP contribution in [0.15, 0.2) is 0 Å². The smallest absolute Gasteiger partial charge is 0.281 e. The average molecular weight is 294 g/mol. The summed E-state index contributed by atoms with van der Waals surface area (Å²) < 4.78 is 32.4. The van der Waals surface area contributed by atoms with Gasteiger partial charge in [0.25, 0.3) is 10.2 Å². The van der Waals surface area contributed by atoms with Gasteiger partial charge in [-0.2, -0.15) is 17.0 Å². The first kappa shape index (κ1) is 16.8. The van der Waals surface area contributed by atoms with E-state index >= 15 is 0 Å². The first-order valence-corrected chi connectivity index (χ1v) is 8.05. The molecule has 0 unspecified atom stereocenters. The maximum Gasteiger partial charge on any atom is 0.281 e. The first-order chi connectivity index (χ1) is 8.77. The van der Waals surface area contributed by atoms with E-state index < -0.39 is 16.3 Å². The molecule has 0 bridgehead atoms. The van der Waals surface area contributed by atoms with Crippen LogP contribution in [0.2, 0.25) is 0 Å². The van der Waals surface area contributed by atoms with Crippen molar-refractivity contribution in [3.8, 4) is 0 Å². The minimum absolute atomic E-state index is 0.0510. The van der Waals surface area contributed by atoms with E-state index in [9.17, 15) is 13.5 Å². The van der Waals surface area contributed by atoms with Crippen molar-refractivity contribution in [3.05, 3.63) is 0 Å². The van der Waals surface area contributed by atoms with E-state index in [2.05, 4.69) is 13.8 Å². The second kappa shape index (κ2) is 6.99. The monoisotopic (exact) mass is 294 g/mol. The highest BCUT2D eigenvalue weighted by Gasteiger charge is 2.33. The van der Waals surface area contributed by atoms with Crippen LogP contribution in [0.3, 0.4) is 0 Å². The highest BCUT2D eigenvalue weighted by Crippen LogP contribution is 2.24. The average Bonchev–Trinajstić information content (AvgIpc) is 2.27. The van der Waals surface area contributed by atoms with Crippen LogP contribution >= 0.6 is 0 Å². The van der Waals surface area contributed by atoms with Crippen LogP contribution in [0, 0.1) is 11.8 Å². The van der Waals surface area contributed by atoms with Crippen molar-refractivity contribution in [3.63, 3.8) is 0 Å². The van der Waals surface area contributed by atoms with E-state index in [4.69, 9.17) is 4.74 Å². The third-order valence-corrected chi connectivity index (χ3v) is 5.27. The lowest BCUT2D eigenvalue weighted by Gasteiger charge is -2.36. The zero-order chi connectivity index (χ0) is 14.6. The highest BCUT2D eigenvalue weighted by molar-refractivity contribution is 7.86. The van der Waals surface area contributed by atoms with Gasteiger partial charge in [-0.15, -0.1) is 0 Å². The zero-order valence-corrected chi connectivity index (χ0v) is 13.1. The molecule has 0 amide bonds. The molecule has 0 aromatic carbocycles. The van der Waals surface area contributed by atoms with Crippen molar-refractivity contribution in [1.29, 1.82) is 0 Å². The summed E-state index contributed by atoms with van der Waals surface area (Å²) in [6.45, 7) is 5.42. The van der Waals surface area contributed by atoms with Gasteiger partial charge in [0.15, 0.2) is 0 Å². The van der Waals surface area contributed by atoms with Crippen molar-refractivity contribution in [2.24, 2.45) is 11.8 Å². The van der Waals surface area contributed by atoms with Crippen LogP contribution < -0.4 is 0 Å². The quantitative estimate of drug-likeness (QED) is 0.757. The molecule has 0 aromatic rings. The summed E-state index contributed by atoms with van der Waals surface area (Å²) in [6.07, 6.45) is 0.256. The molecule has 3 atom stereocenters. The molecular weight excluding hydrogens is 268 g/mol. The van der Waals surface area contributed by atoms with E-state index in [-0.39, 0.29) is 13.2 Å². The largest absolute Gasteiger partial charge is 0.389 e. The Morgan fingerprint density at radius 1 is 1.37 bits per heavy atom. The summed E-state index contributed by atoms with van der Waals surface area (Å²) in [5.74, 6) is 0.742. The third kappa shape index (κ3) is 4.68. The lowest BCUT2D eigenvalue weighted by atomic mass is 9.94. The topological polar surface area (TPSA) is 70.1 Å². The summed E-state index contributed by atoms with van der Waals surface area (Å²) in [5.41, 5.74) is 0. The second-order valence-corrected chi connectivity index (χ2v) is 7.70. The Hall–Kier alpha value is -0.210. The second-order valence-electron chi connectivity index (χ2n) is 5.66. The Kier molecular flexibility index (Phi) is 6.19. The van der Waals surface area contributed by atoms with Gasteiger partial charge in [0, 0.05) is 33.8 Å². The number of piperidine rings is 1. The summed E-state index contributed by atoms with van der Waals surface area (Å²) in [6, 6.07) is 0. The van der Waals surface area contributed by atoms with Crippen molar-refractivity contribution >= 4 is 10.2 Å². The summed E-state index contributed by atoms with van der Waals surface area (Å²) >= 11 is 0. The van der Waals surface area contributed by atoms with Crippen LogP contribution in [-0.2, 0) is 14.9 Å². The van der Waals surface area contributed by atoms with Crippen LogP contribution in [0.1, 0.15) is 20.3 Å².